The number of hydrogen-bond acceptors (Lipinski definition) is 4. The molecule has 0 rings (SSSR count). The number of hydrogen-bond donors (Lipinski definition) is 0. The van der Waals surface area contributed by atoms with E-state index in [2.05, 4.69) is 13.8 Å². The molecule has 4 nitrogen and oxygen atoms in total. The minimum Gasteiger partial charge on any atom is -0.465 e. The zero-order valence-corrected chi connectivity index (χ0v) is 21.8. The van der Waals surface area contributed by atoms with Gasteiger partial charge in [-0.2, -0.15) is 0 Å². The number of ether oxygens (including phenoxy) is 2. The summed E-state index contributed by atoms with van der Waals surface area (Å²) in [6.45, 7) is 7.11. The van der Waals surface area contributed by atoms with E-state index < -0.39 is 0 Å². The van der Waals surface area contributed by atoms with Crippen LogP contribution in [0.2, 0.25) is 0 Å². The van der Waals surface area contributed by atoms with Gasteiger partial charge in [-0.3, -0.25) is 9.59 Å². The minimum absolute atomic E-state index is 0.0501. The van der Waals surface area contributed by atoms with Crippen LogP contribution in [0.3, 0.4) is 0 Å². The maximum atomic E-state index is 11.9. The van der Waals surface area contributed by atoms with Crippen LogP contribution in [-0.2, 0) is 19.1 Å². The first kappa shape index (κ1) is 30.9. The molecule has 0 aliphatic carbocycles. The van der Waals surface area contributed by atoms with Crippen molar-refractivity contribution in [3.8, 4) is 0 Å². The highest BCUT2D eigenvalue weighted by molar-refractivity contribution is 5.69. The average molecular weight is 455 g/mol. The van der Waals surface area contributed by atoms with Crippen molar-refractivity contribution in [2.24, 2.45) is 5.92 Å². The predicted octanol–water partition coefficient (Wildman–Crippen LogP) is 8.55. The van der Waals surface area contributed by atoms with Crippen LogP contribution in [0.4, 0.5) is 0 Å². The molecule has 4 heteroatoms. The van der Waals surface area contributed by atoms with E-state index in [-0.39, 0.29) is 17.9 Å². The van der Waals surface area contributed by atoms with Crippen LogP contribution < -0.4 is 0 Å². The SMILES string of the molecule is CCCCCCCCCCCC(=O)OCC(C)COC(=O)CCCCCCCCCCC. The number of carbonyl (C=O) groups is 2. The molecule has 0 radical (unpaired) electrons. The highest BCUT2D eigenvalue weighted by atomic mass is 16.5. The van der Waals surface area contributed by atoms with Gasteiger partial charge in [0.1, 0.15) is 0 Å². The molecule has 0 amide bonds. The van der Waals surface area contributed by atoms with Crippen LogP contribution in [0.15, 0.2) is 0 Å². The van der Waals surface area contributed by atoms with Crippen LogP contribution in [0.5, 0.6) is 0 Å². The molecule has 0 atom stereocenters. The smallest absolute Gasteiger partial charge is 0.305 e. The third-order valence-electron chi connectivity index (χ3n) is 6.03. The van der Waals surface area contributed by atoms with Crippen LogP contribution in [-0.4, -0.2) is 25.2 Å². The van der Waals surface area contributed by atoms with E-state index in [1.807, 2.05) is 6.92 Å². The average Bonchev–Trinajstić information content (AvgIpc) is 2.79. The van der Waals surface area contributed by atoms with Gasteiger partial charge in [0.2, 0.25) is 0 Å². The Kier molecular flexibility index (Phi) is 23.8. The Labute approximate surface area is 199 Å². The molecule has 0 heterocycles. The molecule has 0 unspecified atom stereocenters. The van der Waals surface area contributed by atoms with E-state index in [1.165, 1.54) is 89.9 Å². The first-order valence-electron chi connectivity index (χ1n) is 13.9. The summed E-state index contributed by atoms with van der Waals surface area (Å²) in [5, 5.41) is 0. The Morgan fingerprint density at radius 2 is 0.781 bits per heavy atom. The van der Waals surface area contributed by atoms with Crippen LogP contribution in [0.1, 0.15) is 149 Å². The van der Waals surface area contributed by atoms with Crippen molar-refractivity contribution in [2.45, 2.75) is 149 Å². The summed E-state index contributed by atoms with van der Waals surface area (Å²) >= 11 is 0. The van der Waals surface area contributed by atoms with Gasteiger partial charge in [-0.25, -0.2) is 0 Å². The lowest BCUT2D eigenvalue weighted by atomic mass is 10.1. The second-order valence-electron chi connectivity index (χ2n) is 9.63. The normalized spacial score (nSPS) is 11.1. The molecular formula is C28H54O4. The summed E-state index contributed by atoms with van der Waals surface area (Å²) in [6, 6.07) is 0. The lowest BCUT2D eigenvalue weighted by Crippen LogP contribution is -2.18. The molecule has 190 valence electrons. The molecular weight excluding hydrogens is 400 g/mol. The lowest BCUT2D eigenvalue weighted by Gasteiger charge is -2.13. The molecule has 0 aromatic heterocycles. The second-order valence-corrected chi connectivity index (χ2v) is 9.63. The van der Waals surface area contributed by atoms with Gasteiger partial charge in [0.25, 0.3) is 0 Å². The van der Waals surface area contributed by atoms with Gasteiger partial charge in [-0.1, -0.05) is 124 Å². The predicted molar refractivity (Wildman–Crippen MR) is 135 cm³/mol. The highest BCUT2D eigenvalue weighted by Gasteiger charge is 2.10. The molecule has 32 heavy (non-hydrogen) atoms. The van der Waals surface area contributed by atoms with Crippen molar-refractivity contribution >= 4 is 11.9 Å². The molecule has 0 aliphatic rings. The lowest BCUT2D eigenvalue weighted by molar-refractivity contribution is -0.148. The van der Waals surface area contributed by atoms with E-state index in [1.54, 1.807) is 0 Å². The van der Waals surface area contributed by atoms with Gasteiger partial charge in [0, 0.05) is 18.8 Å². The third-order valence-corrected chi connectivity index (χ3v) is 6.03. The molecule has 0 fully saturated rings. The topological polar surface area (TPSA) is 52.6 Å². The summed E-state index contributed by atoms with van der Waals surface area (Å²) < 4.78 is 10.7. The van der Waals surface area contributed by atoms with Crippen molar-refractivity contribution in [3.05, 3.63) is 0 Å². The zero-order valence-electron chi connectivity index (χ0n) is 21.8. The molecule has 0 aromatic rings. The zero-order chi connectivity index (χ0) is 23.7. The number of rotatable bonds is 24. The fourth-order valence-electron chi connectivity index (χ4n) is 3.82. The van der Waals surface area contributed by atoms with Crippen molar-refractivity contribution in [1.29, 1.82) is 0 Å². The molecule has 0 spiro atoms. The summed E-state index contributed by atoms with van der Waals surface area (Å²) in [4.78, 5) is 23.7. The van der Waals surface area contributed by atoms with E-state index >= 15 is 0 Å². The Morgan fingerprint density at radius 3 is 1.09 bits per heavy atom. The Balaban J connectivity index is 3.45. The van der Waals surface area contributed by atoms with Gasteiger partial charge in [0.15, 0.2) is 0 Å². The second kappa shape index (κ2) is 24.6. The number of unbranched alkanes of at least 4 members (excludes halogenated alkanes) is 16. The minimum atomic E-state index is -0.124. The van der Waals surface area contributed by atoms with Crippen LogP contribution >= 0.6 is 0 Å². The fourth-order valence-corrected chi connectivity index (χ4v) is 3.82. The van der Waals surface area contributed by atoms with Gasteiger partial charge >= 0.3 is 11.9 Å². The Bertz CT molecular complexity index is 384. The third kappa shape index (κ3) is 23.6. The molecule has 0 bridgehead atoms. The maximum absolute atomic E-state index is 11.9. The first-order valence-corrected chi connectivity index (χ1v) is 13.9. The highest BCUT2D eigenvalue weighted by Crippen LogP contribution is 2.12. The maximum Gasteiger partial charge on any atom is 0.305 e. The van der Waals surface area contributed by atoms with Crippen molar-refractivity contribution in [3.63, 3.8) is 0 Å². The van der Waals surface area contributed by atoms with Crippen molar-refractivity contribution in [1.82, 2.24) is 0 Å². The monoisotopic (exact) mass is 454 g/mol. The van der Waals surface area contributed by atoms with Crippen molar-refractivity contribution in [2.75, 3.05) is 13.2 Å². The molecule has 0 saturated heterocycles. The van der Waals surface area contributed by atoms with Crippen LogP contribution in [0.25, 0.3) is 0 Å². The first-order chi connectivity index (χ1) is 15.6. The van der Waals surface area contributed by atoms with Crippen LogP contribution in [0, 0.1) is 5.92 Å². The summed E-state index contributed by atoms with van der Waals surface area (Å²) in [7, 11) is 0. The Morgan fingerprint density at radius 1 is 0.500 bits per heavy atom. The molecule has 0 aliphatic heterocycles. The quantitative estimate of drug-likeness (QED) is 0.108. The molecule has 0 aromatic carbocycles. The van der Waals surface area contributed by atoms with E-state index in [4.69, 9.17) is 9.47 Å². The van der Waals surface area contributed by atoms with Gasteiger partial charge in [-0.05, 0) is 12.8 Å². The van der Waals surface area contributed by atoms with E-state index in [0.29, 0.717) is 26.1 Å². The van der Waals surface area contributed by atoms with E-state index in [0.717, 1.165) is 25.7 Å². The van der Waals surface area contributed by atoms with Gasteiger partial charge in [-0.15, -0.1) is 0 Å². The fraction of sp³-hybridized carbons (Fsp3) is 0.929. The Hall–Kier alpha value is -1.06. The molecule has 0 saturated carbocycles. The van der Waals surface area contributed by atoms with E-state index in [9.17, 15) is 9.59 Å². The summed E-state index contributed by atoms with van der Waals surface area (Å²) in [5.74, 6) is -0.198. The summed E-state index contributed by atoms with van der Waals surface area (Å²) in [5.41, 5.74) is 0. The van der Waals surface area contributed by atoms with Gasteiger partial charge in [0.05, 0.1) is 13.2 Å². The molecule has 0 N–H and O–H groups in total. The standard InChI is InChI=1S/C28H54O4/c1-4-6-8-10-12-14-16-18-20-22-27(29)31-24-26(3)25-32-28(30)23-21-19-17-15-13-11-9-7-5-2/h26H,4-25H2,1-3H3. The number of esters is 2. The summed E-state index contributed by atoms with van der Waals surface area (Å²) in [6.07, 6.45) is 23.4. The van der Waals surface area contributed by atoms with Gasteiger partial charge < -0.3 is 9.47 Å². The number of carbonyl (C=O) groups excluding carboxylic acids is 2. The largest absolute Gasteiger partial charge is 0.465 e. The van der Waals surface area contributed by atoms with Crippen molar-refractivity contribution < 1.29 is 19.1 Å².